The molecule has 0 aliphatic carbocycles. The van der Waals surface area contributed by atoms with Gasteiger partial charge in [0.2, 0.25) is 0 Å². The zero-order valence-electron chi connectivity index (χ0n) is 21.0. The molecule has 4 heteroatoms. The lowest BCUT2D eigenvalue weighted by molar-refractivity contribution is 0.0904. The van der Waals surface area contributed by atoms with Gasteiger partial charge in [-0.2, -0.15) is 0 Å². The van der Waals surface area contributed by atoms with Crippen LogP contribution in [0.3, 0.4) is 0 Å². The first kappa shape index (κ1) is 23.6. The normalized spacial score (nSPS) is 15.6. The second kappa shape index (κ2) is 9.34. The third-order valence-corrected chi connectivity index (χ3v) is 6.81. The monoisotopic (exact) mass is 446 g/mol. The van der Waals surface area contributed by atoms with Crippen LogP contribution in [0.25, 0.3) is 10.9 Å². The number of rotatable bonds is 6. The quantitative estimate of drug-likeness (QED) is 0.460. The molecule has 1 saturated heterocycles. The molecule has 0 bridgehead atoms. The zero-order chi connectivity index (χ0) is 23.6. The number of aromatic nitrogens is 1. The van der Waals surface area contributed by atoms with Crippen molar-refractivity contribution in [3.63, 3.8) is 0 Å². The highest BCUT2D eigenvalue weighted by Gasteiger charge is 2.24. The maximum Gasteiger partial charge on any atom is 0.141 e. The highest BCUT2D eigenvalue weighted by molar-refractivity contribution is 5.80. The predicted molar refractivity (Wildman–Crippen MR) is 138 cm³/mol. The molecule has 176 valence electrons. The van der Waals surface area contributed by atoms with Gasteiger partial charge in [-0.15, -0.1) is 0 Å². The highest BCUT2D eigenvalue weighted by Crippen LogP contribution is 2.35. The van der Waals surface area contributed by atoms with E-state index in [1.165, 1.54) is 22.1 Å². The fourth-order valence-electron chi connectivity index (χ4n) is 4.66. The molecule has 1 aromatic heterocycles. The van der Waals surface area contributed by atoms with Gasteiger partial charge in [-0.05, 0) is 77.1 Å². The average molecular weight is 447 g/mol. The van der Waals surface area contributed by atoms with Crippen molar-refractivity contribution in [1.82, 2.24) is 4.98 Å². The minimum Gasteiger partial charge on any atom is -0.495 e. The number of anilines is 1. The van der Waals surface area contributed by atoms with E-state index in [1.807, 2.05) is 6.20 Å². The molecule has 4 nitrogen and oxygen atoms in total. The van der Waals surface area contributed by atoms with E-state index in [2.05, 4.69) is 82.4 Å². The third-order valence-electron chi connectivity index (χ3n) is 6.81. The van der Waals surface area contributed by atoms with Crippen molar-refractivity contribution < 1.29 is 9.47 Å². The molecule has 0 saturated carbocycles. The number of benzene rings is 2. The van der Waals surface area contributed by atoms with Crippen molar-refractivity contribution in [3.05, 3.63) is 65.4 Å². The van der Waals surface area contributed by atoms with Gasteiger partial charge >= 0.3 is 0 Å². The van der Waals surface area contributed by atoms with Gasteiger partial charge in [0, 0.05) is 30.8 Å². The third kappa shape index (κ3) is 5.50. The van der Waals surface area contributed by atoms with Crippen LogP contribution in [0.4, 0.5) is 5.69 Å². The molecule has 0 radical (unpaired) electrons. The molecule has 2 aromatic carbocycles. The Bertz CT molecular complexity index is 1110. The zero-order valence-corrected chi connectivity index (χ0v) is 21.0. The van der Waals surface area contributed by atoms with Gasteiger partial charge < -0.3 is 14.8 Å². The Hall–Kier alpha value is -2.59. The van der Waals surface area contributed by atoms with E-state index in [0.717, 1.165) is 49.4 Å². The molecule has 2 heterocycles. The summed E-state index contributed by atoms with van der Waals surface area (Å²) in [6, 6.07) is 15.9. The lowest BCUT2D eigenvalue weighted by atomic mass is 9.79. The van der Waals surface area contributed by atoms with Crippen molar-refractivity contribution in [3.8, 4) is 5.75 Å². The van der Waals surface area contributed by atoms with Crippen molar-refractivity contribution in [2.24, 2.45) is 0 Å². The fourth-order valence-corrected chi connectivity index (χ4v) is 4.66. The Morgan fingerprint density at radius 1 is 0.970 bits per heavy atom. The van der Waals surface area contributed by atoms with E-state index < -0.39 is 0 Å². The first-order chi connectivity index (χ1) is 15.7. The fraction of sp³-hybridized carbons (Fsp3) is 0.483. The van der Waals surface area contributed by atoms with E-state index in [1.54, 1.807) is 7.11 Å². The lowest BCUT2D eigenvalue weighted by Crippen LogP contribution is -2.28. The molecular weight excluding hydrogens is 408 g/mol. The van der Waals surface area contributed by atoms with Gasteiger partial charge in [0.1, 0.15) is 5.75 Å². The lowest BCUT2D eigenvalue weighted by Gasteiger charge is -2.29. The number of nitrogens with zero attached hydrogens (tertiary/aromatic N) is 1. The van der Waals surface area contributed by atoms with Crippen LogP contribution in [0, 0.1) is 0 Å². The standard InChI is InChI=1S/C29H38N2O2/c1-28(2,3)22-7-9-25-21(16-22)15-20(19-30-25)18-29(4,5)23-8-10-27(32-6)26(17-23)31-24-11-13-33-14-12-24/h7-10,15-17,19,24,31H,11-14,18H2,1-6H3. The Balaban J connectivity index is 1.59. The van der Waals surface area contributed by atoms with Crippen LogP contribution in [0.1, 0.15) is 64.2 Å². The summed E-state index contributed by atoms with van der Waals surface area (Å²) >= 11 is 0. The average Bonchev–Trinajstić information content (AvgIpc) is 2.78. The van der Waals surface area contributed by atoms with Gasteiger partial charge in [-0.25, -0.2) is 0 Å². The number of ether oxygens (including phenoxy) is 2. The number of fused-ring (bicyclic) bond motifs is 1. The van der Waals surface area contributed by atoms with Gasteiger partial charge in [0.05, 0.1) is 18.3 Å². The van der Waals surface area contributed by atoms with Gasteiger partial charge in [0.25, 0.3) is 0 Å². The molecule has 0 amide bonds. The second-order valence-electron chi connectivity index (χ2n) is 11.0. The molecule has 0 unspecified atom stereocenters. The summed E-state index contributed by atoms with van der Waals surface area (Å²) in [6.45, 7) is 13.0. The van der Waals surface area contributed by atoms with Gasteiger partial charge in [-0.3, -0.25) is 4.98 Å². The summed E-state index contributed by atoms with van der Waals surface area (Å²) < 4.78 is 11.2. The van der Waals surface area contributed by atoms with E-state index in [0.29, 0.717) is 6.04 Å². The van der Waals surface area contributed by atoms with Gasteiger partial charge in [0.15, 0.2) is 0 Å². The topological polar surface area (TPSA) is 43.4 Å². The Morgan fingerprint density at radius 2 is 1.70 bits per heavy atom. The molecular formula is C29H38N2O2. The molecule has 4 rings (SSSR count). The summed E-state index contributed by atoms with van der Waals surface area (Å²) in [5.74, 6) is 0.892. The number of hydrogen-bond donors (Lipinski definition) is 1. The van der Waals surface area contributed by atoms with Crippen LogP contribution in [0.2, 0.25) is 0 Å². The summed E-state index contributed by atoms with van der Waals surface area (Å²) in [6.07, 6.45) is 5.00. The second-order valence-corrected chi connectivity index (χ2v) is 11.0. The summed E-state index contributed by atoms with van der Waals surface area (Å²) in [7, 11) is 1.74. The number of pyridine rings is 1. The maximum atomic E-state index is 5.66. The predicted octanol–water partition coefficient (Wildman–Crippen LogP) is 6.65. The minimum atomic E-state index is -0.0463. The summed E-state index contributed by atoms with van der Waals surface area (Å²) in [4.78, 5) is 4.76. The Labute approximate surface area is 198 Å². The number of methoxy groups -OCH3 is 1. The molecule has 0 atom stereocenters. The molecule has 0 spiro atoms. The van der Waals surface area contributed by atoms with E-state index in [9.17, 15) is 0 Å². The van der Waals surface area contributed by atoms with E-state index in [4.69, 9.17) is 14.5 Å². The van der Waals surface area contributed by atoms with Crippen LogP contribution in [-0.4, -0.2) is 31.3 Å². The molecule has 1 N–H and O–H groups in total. The Morgan fingerprint density at radius 3 is 2.39 bits per heavy atom. The van der Waals surface area contributed by atoms with Crippen molar-refractivity contribution in [1.29, 1.82) is 0 Å². The van der Waals surface area contributed by atoms with Crippen molar-refractivity contribution in [2.75, 3.05) is 25.6 Å². The van der Waals surface area contributed by atoms with E-state index >= 15 is 0 Å². The van der Waals surface area contributed by atoms with Crippen LogP contribution in [0.5, 0.6) is 5.75 Å². The van der Waals surface area contributed by atoms with Crippen LogP contribution < -0.4 is 10.1 Å². The van der Waals surface area contributed by atoms with Crippen molar-refractivity contribution >= 4 is 16.6 Å². The molecule has 1 aliphatic rings. The smallest absolute Gasteiger partial charge is 0.141 e. The number of hydrogen-bond acceptors (Lipinski definition) is 4. The van der Waals surface area contributed by atoms with Crippen molar-refractivity contribution in [2.45, 2.75) is 70.8 Å². The van der Waals surface area contributed by atoms with Crippen LogP contribution in [-0.2, 0) is 22.0 Å². The van der Waals surface area contributed by atoms with Gasteiger partial charge in [-0.1, -0.05) is 46.8 Å². The minimum absolute atomic E-state index is 0.0463. The molecule has 3 aromatic rings. The summed E-state index contributed by atoms with van der Waals surface area (Å²) in [5, 5.41) is 4.92. The van der Waals surface area contributed by atoms with Crippen LogP contribution in [0.15, 0.2) is 48.7 Å². The molecule has 33 heavy (non-hydrogen) atoms. The summed E-state index contributed by atoms with van der Waals surface area (Å²) in [5.41, 5.74) is 6.09. The largest absolute Gasteiger partial charge is 0.495 e. The Kier molecular flexibility index (Phi) is 6.67. The van der Waals surface area contributed by atoms with E-state index in [-0.39, 0.29) is 10.8 Å². The molecule has 1 aliphatic heterocycles. The highest BCUT2D eigenvalue weighted by atomic mass is 16.5. The molecule has 1 fully saturated rings. The number of nitrogens with one attached hydrogen (secondary N) is 1. The first-order valence-corrected chi connectivity index (χ1v) is 12.1. The SMILES string of the molecule is COc1ccc(C(C)(C)Cc2cnc3ccc(C(C)(C)C)cc3c2)cc1NC1CCOCC1. The maximum absolute atomic E-state index is 5.66. The van der Waals surface area contributed by atoms with Crippen LogP contribution >= 0.6 is 0 Å². The first-order valence-electron chi connectivity index (χ1n) is 12.1.